The van der Waals surface area contributed by atoms with Crippen molar-refractivity contribution in [1.29, 1.82) is 0 Å². The van der Waals surface area contributed by atoms with Crippen LogP contribution in [0.1, 0.15) is 51.9 Å². The van der Waals surface area contributed by atoms with Gasteiger partial charge in [-0.25, -0.2) is 4.79 Å². The van der Waals surface area contributed by atoms with E-state index in [2.05, 4.69) is 20.9 Å². The molecule has 0 aliphatic carbocycles. The van der Waals surface area contributed by atoms with Gasteiger partial charge in [-0.3, -0.25) is 24.2 Å². The summed E-state index contributed by atoms with van der Waals surface area (Å²) in [5, 5.41) is 26.5. The third-order valence-electron chi connectivity index (χ3n) is 5.24. The fraction of sp³-hybridized carbons (Fsp3) is 0.714. The predicted octanol–water partition coefficient (Wildman–Crippen LogP) is -4.32. The Morgan fingerprint density at radius 1 is 0.838 bits per heavy atom. The zero-order chi connectivity index (χ0) is 28.5. The van der Waals surface area contributed by atoms with Crippen molar-refractivity contribution in [2.45, 2.75) is 82.1 Å². The minimum atomic E-state index is -1.57. The molecule has 0 heterocycles. The third-order valence-corrected chi connectivity index (χ3v) is 5.24. The molecule has 0 aromatic carbocycles. The number of aliphatic hydroxyl groups excluding tert-OH is 1. The zero-order valence-corrected chi connectivity index (χ0v) is 21.0. The van der Waals surface area contributed by atoms with Gasteiger partial charge in [-0.1, -0.05) is 6.42 Å². The number of amides is 4. The van der Waals surface area contributed by atoms with E-state index in [0.717, 1.165) is 0 Å². The maximum atomic E-state index is 12.9. The molecule has 4 amide bonds. The lowest BCUT2D eigenvalue weighted by molar-refractivity contribution is -0.143. The van der Waals surface area contributed by atoms with E-state index in [1.165, 1.54) is 6.92 Å². The Kier molecular flexibility index (Phi) is 16.2. The van der Waals surface area contributed by atoms with E-state index in [1.54, 1.807) is 0 Å². The fourth-order valence-corrected chi connectivity index (χ4v) is 3.16. The number of hydrogen-bond donors (Lipinski definition) is 10. The van der Waals surface area contributed by atoms with Gasteiger partial charge in [0, 0.05) is 13.0 Å². The van der Waals surface area contributed by atoms with Crippen LogP contribution in [0.4, 0.5) is 0 Å². The van der Waals surface area contributed by atoms with Gasteiger partial charge in [-0.2, -0.15) is 0 Å². The number of nitrogens with two attached hydrogens (primary N) is 5. The first kappa shape index (κ1) is 33.5. The van der Waals surface area contributed by atoms with E-state index in [4.69, 9.17) is 28.7 Å². The van der Waals surface area contributed by atoms with Crippen LogP contribution in [0.3, 0.4) is 0 Å². The average molecular weight is 532 g/mol. The molecule has 15 N–H and O–H groups in total. The highest BCUT2D eigenvalue weighted by atomic mass is 16.4. The van der Waals surface area contributed by atoms with E-state index in [9.17, 15) is 34.2 Å². The minimum Gasteiger partial charge on any atom is -0.480 e. The van der Waals surface area contributed by atoms with Crippen LogP contribution in [0.2, 0.25) is 0 Å². The van der Waals surface area contributed by atoms with Crippen molar-refractivity contribution in [3.8, 4) is 0 Å². The maximum absolute atomic E-state index is 12.9. The second kappa shape index (κ2) is 17.9. The van der Waals surface area contributed by atoms with Crippen molar-refractivity contribution in [3.05, 3.63) is 0 Å². The summed E-state index contributed by atoms with van der Waals surface area (Å²) >= 11 is 0. The summed E-state index contributed by atoms with van der Waals surface area (Å²) in [5.74, 6) is -4.77. The highest BCUT2D eigenvalue weighted by Gasteiger charge is 2.32. The smallest absolute Gasteiger partial charge is 0.326 e. The molecule has 0 aromatic heterocycles. The van der Waals surface area contributed by atoms with Crippen LogP contribution in [-0.2, 0) is 24.0 Å². The van der Waals surface area contributed by atoms with Gasteiger partial charge in [0.25, 0.3) is 0 Å². The van der Waals surface area contributed by atoms with Gasteiger partial charge >= 0.3 is 5.97 Å². The van der Waals surface area contributed by atoms with Crippen LogP contribution in [-0.4, -0.2) is 89.1 Å². The Morgan fingerprint density at radius 3 is 1.97 bits per heavy atom. The number of carboxylic acid groups (broad SMARTS) is 1. The SMILES string of the molecule is CC(O)C(NC(=O)C(CCC(N)=O)NC(=O)C(N)CCCCN)C(=O)NC(CCCN=C(N)N)C(=O)O. The molecular formula is C21H41N9O7. The monoisotopic (exact) mass is 531 g/mol. The maximum Gasteiger partial charge on any atom is 0.326 e. The third kappa shape index (κ3) is 14.6. The summed E-state index contributed by atoms with van der Waals surface area (Å²) in [5.41, 5.74) is 26.9. The first-order valence-electron chi connectivity index (χ1n) is 11.9. The fourth-order valence-electron chi connectivity index (χ4n) is 3.16. The number of carbonyl (C=O) groups is 5. The first-order chi connectivity index (χ1) is 17.3. The van der Waals surface area contributed by atoms with Gasteiger partial charge < -0.3 is 54.8 Å². The van der Waals surface area contributed by atoms with Gasteiger partial charge in [0.05, 0.1) is 12.1 Å². The number of carbonyl (C=O) groups excluding carboxylic acids is 4. The summed E-state index contributed by atoms with van der Waals surface area (Å²) in [7, 11) is 0. The number of aliphatic carboxylic acids is 1. The molecule has 212 valence electrons. The standard InChI is InChI=1S/C21H41N9O7/c1-11(31)16(19(35)29-14(20(36)37)6-4-10-27-21(25)26)30-18(34)13(7-8-15(24)32)28-17(33)12(23)5-2-3-9-22/h11-14,16,31H,2-10,22-23H2,1H3,(H2,24,32)(H,28,33)(H,29,35)(H,30,34)(H,36,37)(H4,25,26,27). The van der Waals surface area contributed by atoms with Gasteiger partial charge in [0.2, 0.25) is 23.6 Å². The van der Waals surface area contributed by atoms with E-state index in [0.29, 0.717) is 25.8 Å². The number of carboxylic acids is 1. The molecule has 0 fully saturated rings. The summed E-state index contributed by atoms with van der Waals surface area (Å²) in [6.45, 7) is 1.78. The Balaban J connectivity index is 5.39. The number of rotatable bonds is 19. The number of nitrogens with zero attached hydrogens (tertiary/aromatic N) is 1. The Morgan fingerprint density at radius 2 is 1.46 bits per heavy atom. The van der Waals surface area contributed by atoms with Crippen LogP contribution >= 0.6 is 0 Å². The van der Waals surface area contributed by atoms with Gasteiger partial charge in [-0.15, -0.1) is 0 Å². The second-order valence-electron chi connectivity index (χ2n) is 8.53. The summed E-state index contributed by atoms with van der Waals surface area (Å²) in [6, 6.07) is -5.17. The van der Waals surface area contributed by atoms with E-state index < -0.39 is 59.9 Å². The Bertz CT molecular complexity index is 803. The van der Waals surface area contributed by atoms with Gasteiger partial charge in [-0.05, 0) is 45.6 Å². The topological polar surface area (TPSA) is 304 Å². The molecule has 0 aliphatic rings. The van der Waals surface area contributed by atoms with Crippen molar-refractivity contribution in [1.82, 2.24) is 16.0 Å². The molecule has 0 saturated heterocycles. The number of hydrogen-bond acceptors (Lipinski definition) is 9. The lowest BCUT2D eigenvalue weighted by atomic mass is 10.1. The first-order valence-corrected chi connectivity index (χ1v) is 11.9. The van der Waals surface area contributed by atoms with Crippen LogP contribution < -0.4 is 44.6 Å². The number of nitrogens with one attached hydrogen (secondary N) is 3. The number of aliphatic hydroxyl groups is 1. The van der Waals surface area contributed by atoms with Crippen molar-refractivity contribution in [2.75, 3.05) is 13.1 Å². The highest BCUT2D eigenvalue weighted by Crippen LogP contribution is 2.05. The summed E-state index contributed by atoms with van der Waals surface area (Å²) in [6.07, 6.45) is -0.140. The van der Waals surface area contributed by atoms with E-state index >= 15 is 0 Å². The molecule has 37 heavy (non-hydrogen) atoms. The van der Waals surface area contributed by atoms with Gasteiger partial charge in [0.1, 0.15) is 18.1 Å². The summed E-state index contributed by atoms with van der Waals surface area (Å²) < 4.78 is 0. The van der Waals surface area contributed by atoms with E-state index in [-0.39, 0.29) is 38.2 Å². The summed E-state index contributed by atoms with van der Waals surface area (Å²) in [4.78, 5) is 64.6. The molecule has 0 rings (SSSR count). The molecule has 0 radical (unpaired) electrons. The van der Waals surface area contributed by atoms with Crippen LogP contribution in [0, 0.1) is 0 Å². The van der Waals surface area contributed by atoms with Crippen molar-refractivity contribution in [2.24, 2.45) is 33.7 Å². The Labute approximate surface area is 215 Å². The molecule has 0 bridgehead atoms. The molecule has 5 atom stereocenters. The van der Waals surface area contributed by atoms with Crippen LogP contribution in [0.15, 0.2) is 4.99 Å². The number of primary amides is 1. The molecule has 5 unspecified atom stereocenters. The molecular weight excluding hydrogens is 490 g/mol. The average Bonchev–Trinajstić information content (AvgIpc) is 2.80. The number of guanidine groups is 1. The molecule has 16 heteroatoms. The molecule has 0 saturated carbocycles. The Hall–Kier alpha value is -3.50. The normalized spacial score (nSPS) is 14.8. The lowest BCUT2D eigenvalue weighted by Gasteiger charge is -2.26. The molecule has 0 aromatic rings. The number of aliphatic imine (C=N–C) groups is 1. The van der Waals surface area contributed by atoms with Crippen LogP contribution in [0.5, 0.6) is 0 Å². The lowest BCUT2D eigenvalue weighted by Crippen LogP contribution is -2.59. The van der Waals surface area contributed by atoms with Crippen molar-refractivity contribution < 1.29 is 34.2 Å². The van der Waals surface area contributed by atoms with E-state index in [1.807, 2.05) is 0 Å². The quantitative estimate of drug-likeness (QED) is 0.0431. The molecule has 0 aliphatic heterocycles. The zero-order valence-electron chi connectivity index (χ0n) is 21.0. The number of unbranched alkanes of at least 4 members (excludes halogenated alkanes) is 1. The minimum absolute atomic E-state index is 0.0301. The molecule has 16 nitrogen and oxygen atoms in total. The van der Waals surface area contributed by atoms with Crippen molar-refractivity contribution in [3.63, 3.8) is 0 Å². The largest absolute Gasteiger partial charge is 0.480 e. The highest BCUT2D eigenvalue weighted by molar-refractivity contribution is 5.94. The second-order valence-corrected chi connectivity index (χ2v) is 8.53. The molecule has 0 spiro atoms. The van der Waals surface area contributed by atoms with Crippen molar-refractivity contribution >= 4 is 35.6 Å². The predicted molar refractivity (Wildman–Crippen MR) is 134 cm³/mol. The van der Waals surface area contributed by atoms with Gasteiger partial charge in [0.15, 0.2) is 5.96 Å². The van der Waals surface area contributed by atoms with Crippen LogP contribution in [0.25, 0.3) is 0 Å².